The summed E-state index contributed by atoms with van der Waals surface area (Å²) >= 11 is 5.88. The van der Waals surface area contributed by atoms with E-state index in [-0.39, 0.29) is 5.15 Å². The van der Waals surface area contributed by atoms with E-state index in [1.54, 1.807) is 6.07 Å². The Bertz CT molecular complexity index is 539. The molecule has 0 unspecified atom stereocenters. The van der Waals surface area contributed by atoms with Crippen molar-refractivity contribution in [3.63, 3.8) is 0 Å². The first-order chi connectivity index (χ1) is 9.47. The molecule has 1 saturated carbocycles. The molecular weight excluding hydrogens is 280 g/mol. The van der Waals surface area contributed by atoms with Crippen LogP contribution in [0.3, 0.4) is 0 Å². The fraction of sp³-hybridized carbons (Fsp3) is 0.500. The SMILES string of the molecule is CCc1cc(C(=O)NC2(C(=O)O)CCCC2)cc(Cl)n1. The maximum absolute atomic E-state index is 12.3. The molecule has 2 rings (SSSR count). The Kier molecular flexibility index (Phi) is 4.28. The van der Waals surface area contributed by atoms with E-state index in [0.29, 0.717) is 30.5 Å². The molecule has 1 aromatic heterocycles. The molecule has 1 aliphatic rings. The van der Waals surface area contributed by atoms with Crippen molar-refractivity contribution in [2.45, 2.75) is 44.6 Å². The lowest BCUT2D eigenvalue weighted by Gasteiger charge is -2.25. The Hall–Kier alpha value is -1.62. The van der Waals surface area contributed by atoms with Crippen LogP contribution in [0.5, 0.6) is 0 Å². The van der Waals surface area contributed by atoms with Crippen LogP contribution in [-0.4, -0.2) is 27.5 Å². The van der Waals surface area contributed by atoms with Gasteiger partial charge >= 0.3 is 5.97 Å². The van der Waals surface area contributed by atoms with Crippen molar-refractivity contribution in [1.82, 2.24) is 10.3 Å². The van der Waals surface area contributed by atoms with E-state index in [2.05, 4.69) is 10.3 Å². The molecule has 0 bridgehead atoms. The molecular formula is C14H17ClN2O3. The number of pyridine rings is 1. The van der Waals surface area contributed by atoms with E-state index >= 15 is 0 Å². The van der Waals surface area contributed by atoms with Gasteiger partial charge in [-0.15, -0.1) is 0 Å². The van der Waals surface area contributed by atoms with E-state index in [1.807, 2.05) is 6.92 Å². The van der Waals surface area contributed by atoms with Crippen LogP contribution in [0.15, 0.2) is 12.1 Å². The zero-order valence-corrected chi connectivity index (χ0v) is 12.0. The highest BCUT2D eigenvalue weighted by Crippen LogP contribution is 2.30. The van der Waals surface area contributed by atoms with E-state index in [1.165, 1.54) is 6.07 Å². The lowest BCUT2D eigenvalue weighted by atomic mass is 9.97. The molecule has 0 atom stereocenters. The maximum Gasteiger partial charge on any atom is 0.329 e. The Morgan fingerprint density at radius 3 is 2.60 bits per heavy atom. The molecule has 0 spiro atoms. The number of aromatic nitrogens is 1. The Morgan fingerprint density at radius 2 is 2.05 bits per heavy atom. The highest BCUT2D eigenvalue weighted by Gasteiger charge is 2.42. The van der Waals surface area contributed by atoms with Gasteiger partial charge < -0.3 is 10.4 Å². The van der Waals surface area contributed by atoms with Gasteiger partial charge in [-0.25, -0.2) is 9.78 Å². The predicted molar refractivity (Wildman–Crippen MR) is 74.9 cm³/mol. The molecule has 0 aliphatic heterocycles. The van der Waals surface area contributed by atoms with Crippen LogP contribution >= 0.6 is 11.6 Å². The molecule has 1 fully saturated rings. The molecule has 1 amide bonds. The molecule has 108 valence electrons. The van der Waals surface area contributed by atoms with Gasteiger partial charge in [0.2, 0.25) is 0 Å². The van der Waals surface area contributed by atoms with Crippen molar-refractivity contribution in [3.05, 3.63) is 28.5 Å². The van der Waals surface area contributed by atoms with Crippen molar-refractivity contribution >= 4 is 23.5 Å². The zero-order chi connectivity index (χ0) is 14.8. The van der Waals surface area contributed by atoms with Crippen LogP contribution < -0.4 is 5.32 Å². The van der Waals surface area contributed by atoms with Gasteiger partial charge in [-0.1, -0.05) is 31.4 Å². The van der Waals surface area contributed by atoms with Gasteiger partial charge in [-0.05, 0) is 31.4 Å². The molecule has 1 heterocycles. The number of rotatable bonds is 4. The number of carboxylic acid groups (broad SMARTS) is 1. The van der Waals surface area contributed by atoms with Crippen LogP contribution in [0.25, 0.3) is 0 Å². The number of nitrogens with zero attached hydrogens (tertiary/aromatic N) is 1. The van der Waals surface area contributed by atoms with E-state index < -0.39 is 17.4 Å². The van der Waals surface area contributed by atoms with Crippen LogP contribution in [0, 0.1) is 0 Å². The third-order valence-electron chi connectivity index (χ3n) is 3.69. The summed E-state index contributed by atoms with van der Waals surface area (Å²) in [4.78, 5) is 27.8. The topological polar surface area (TPSA) is 79.3 Å². The number of halogens is 1. The number of carbonyl (C=O) groups is 2. The van der Waals surface area contributed by atoms with Gasteiger partial charge in [0.05, 0.1) is 0 Å². The molecule has 1 aliphatic carbocycles. The van der Waals surface area contributed by atoms with Crippen LogP contribution in [0.4, 0.5) is 0 Å². The zero-order valence-electron chi connectivity index (χ0n) is 11.3. The number of aliphatic carboxylic acids is 1. The number of hydrogen-bond donors (Lipinski definition) is 2. The van der Waals surface area contributed by atoms with Gasteiger partial charge in [-0.3, -0.25) is 4.79 Å². The number of carboxylic acids is 1. The average Bonchev–Trinajstić information content (AvgIpc) is 2.87. The lowest BCUT2D eigenvalue weighted by molar-refractivity contribution is -0.144. The standard InChI is InChI=1S/C14H17ClN2O3/c1-2-10-7-9(8-11(15)16-10)12(18)17-14(13(19)20)5-3-4-6-14/h7-8H,2-6H2,1H3,(H,17,18)(H,19,20). The van der Waals surface area contributed by atoms with Crippen molar-refractivity contribution in [2.75, 3.05) is 0 Å². The number of hydrogen-bond acceptors (Lipinski definition) is 3. The smallest absolute Gasteiger partial charge is 0.329 e. The second-order valence-electron chi connectivity index (χ2n) is 5.07. The molecule has 2 N–H and O–H groups in total. The third-order valence-corrected chi connectivity index (χ3v) is 3.88. The van der Waals surface area contributed by atoms with Gasteiger partial charge in [0.15, 0.2) is 0 Å². The highest BCUT2D eigenvalue weighted by molar-refractivity contribution is 6.29. The molecule has 20 heavy (non-hydrogen) atoms. The largest absolute Gasteiger partial charge is 0.480 e. The van der Waals surface area contributed by atoms with Gasteiger partial charge in [-0.2, -0.15) is 0 Å². The second kappa shape index (κ2) is 5.79. The Labute approximate surface area is 122 Å². The normalized spacial score (nSPS) is 16.9. The minimum atomic E-state index is -1.14. The fourth-order valence-corrected chi connectivity index (χ4v) is 2.75. The van der Waals surface area contributed by atoms with Crippen molar-refractivity contribution < 1.29 is 14.7 Å². The minimum Gasteiger partial charge on any atom is -0.480 e. The van der Waals surface area contributed by atoms with Gasteiger partial charge in [0.25, 0.3) is 5.91 Å². The lowest BCUT2D eigenvalue weighted by Crippen LogP contribution is -2.52. The highest BCUT2D eigenvalue weighted by atomic mass is 35.5. The first kappa shape index (κ1) is 14.8. The van der Waals surface area contributed by atoms with Crippen molar-refractivity contribution in [1.29, 1.82) is 0 Å². The minimum absolute atomic E-state index is 0.241. The van der Waals surface area contributed by atoms with Crippen LogP contribution in [0.2, 0.25) is 5.15 Å². The molecule has 1 aromatic rings. The van der Waals surface area contributed by atoms with Crippen LogP contribution in [-0.2, 0) is 11.2 Å². The third kappa shape index (κ3) is 2.93. The molecule has 5 nitrogen and oxygen atoms in total. The summed E-state index contributed by atoms with van der Waals surface area (Å²) in [5.41, 5.74) is -0.0769. The summed E-state index contributed by atoms with van der Waals surface area (Å²) in [5.74, 6) is -1.38. The first-order valence-corrected chi connectivity index (χ1v) is 7.07. The summed E-state index contributed by atoms with van der Waals surface area (Å²) in [6, 6.07) is 3.10. The van der Waals surface area contributed by atoms with Crippen molar-refractivity contribution in [2.24, 2.45) is 0 Å². The first-order valence-electron chi connectivity index (χ1n) is 6.69. The van der Waals surface area contributed by atoms with E-state index in [9.17, 15) is 14.7 Å². The number of nitrogens with one attached hydrogen (secondary N) is 1. The summed E-state index contributed by atoms with van der Waals surface area (Å²) in [6.45, 7) is 1.91. The summed E-state index contributed by atoms with van der Waals surface area (Å²) in [5, 5.41) is 12.3. The number of carbonyl (C=O) groups excluding carboxylic acids is 1. The summed E-state index contributed by atoms with van der Waals surface area (Å²) in [7, 11) is 0. The second-order valence-corrected chi connectivity index (χ2v) is 5.46. The molecule has 0 radical (unpaired) electrons. The fourth-order valence-electron chi connectivity index (χ4n) is 2.52. The molecule has 6 heteroatoms. The Balaban J connectivity index is 2.23. The average molecular weight is 297 g/mol. The van der Waals surface area contributed by atoms with E-state index in [4.69, 9.17) is 11.6 Å². The summed E-state index contributed by atoms with van der Waals surface area (Å²) < 4.78 is 0. The number of aryl methyl sites for hydroxylation is 1. The quantitative estimate of drug-likeness (QED) is 0.836. The summed E-state index contributed by atoms with van der Waals surface area (Å²) in [6.07, 6.45) is 3.21. The maximum atomic E-state index is 12.3. The monoisotopic (exact) mass is 296 g/mol. The van der Waals surface area contributed by atoms with Crippen LogP contribution in [0.1, 0.15) is 48.7 Å². The van der Waals surface area contributed by atoms with Crippen molar-refractivity contribution in [3.8, 4) is 0 Å². The van der Waals surface area contributed by atoms with Gasteiger partial charge in [0.1, 0.15) is 10.7 Å². The molecule has 0 aromatic carbocycles. The number of amides is 1. The Morgan fingerprint density at radius 1 is 1.40 bits per heavy atom. The van der Waals surface area contributed by atoms with E-state index in [0.717, 1.165) is 12.8 Å². The predicted octanol–water partition coefficient (Wildman–Crippen LogP) is 2.42. The molecule has 0 saturated heterocycles. The van der Waals surface area contributed by atoms with Gasteiger partial charge in [0, 0.05) is 11.3 Å².